The normalized spacial score (nSPS) is 40.7. The number of ether oxygens (including phenoxy) is 3. The number of carbonyl (C=O) groups is 2. The third-order valence-electron chi connectivity index (χ3n) is 7.07. The van der Waals surface area contributed by atoms with Gasteiger partial charge in [0.05, 0.1) is 19.5 Å². The van der Waals surface area contributed by atoms with Crippen molar-refractivity contribution in [2.45, 2.75) is 46.5 Å². The second-order valence-electron chi connectivity index (χ2n) is 8.69. The number of rotatable bonds is 3. The zero-order chi connectivity index (χ0) is 23.3. The number of phenols is 1. The summed E-state index contributed by atoms with van der Waals surface area (Å²) in [6.07, 6.45) is 1.57. The number of aliphatic hydroxyl groups excluding tert-OH is 1. The third-order valence-corrected chi connectivity index (χ3v) is 10.4. The van der Waals surface area contributed by atoms with Crippen LogP contribution >= 0.6 is 21.6 Å². The Morgan fingerprint density at radius 3 is 2.73 bits per heavy atom. The van der Waals surface area contributed by atoms with Crippen LogP contribution < -0.4 is 9.47 Å². The van der Waals surface area contributed by atoms with E-state index in [1.165, 1.54) is 40.7 Å². The molecule has 1 aliphatic carbocycles. The highest BCUT2D eigenvalue weighted by molar-refractivity contribution is 8.77. The first-order valence-electron chi connectivity index (χ1n) is 10.4. The molecular formula is C21H22N2O8S2. The summed E-state index contributed by atoms with van der Waals surface area (Å²) in [5.41, 5.74) is -0.412. The first-order valence-corrected chi connectivity index (χ1v) is 12.6. The minimum absolute atomic E-state index is 0.150. The van der Waals surface area contributed by atoms with Crippen molar-refractivity contribution < 1.29 is 38.9 Å². The molecule has 2 amide bonds. The fourth-order valence-corrected chi connectivity index (χ4v) is 9.02. The number of carbonyl (C=O) groups excluding carboxylic acids is 2. The Morgan fingerprint density at radius 2 is 2.00 bits per heavy atom. The maximum Gasteiger partial charge on any atom is 0.272 e. The maximum absolute atomic E-state index is 13.8. The van der Waals surface area contributed by atoms with E-state index < -0.39 is 39.9 Å². The summed E-state index contributed by atoms with van der Waals surface area (Å²) >= 11 is 0. The number of methoxy groups -OCH3 is 2. The molecule has 1 aromatic rings. The molecule has 0 radical (unpaired) electrons. The first kappa shape index (κ1) is 21.4. The van der Waals surface area contributed by atoms with Gasteiger partial charge in [0.2, 0.25) is 10.6 Å². The van der Waals surface area contributed by atoms with E-state index in [2.05, 4.69) is 0 Å². The van der Waals surface area contributed by atoms with Crippen molar-refractivity contribution in [2.75, 3.05) is 21.3 Å². The molecule has 33 heavy (non-hydrogen) atoms. The lowest BCUT2D eigenvalue weighted by atomic mass is 9.81. The molecule has 1 aromatic carbocycles. The number of aliphatic hydroxyl groups is 1. The molecule has 12 heteroatoms. The molecule has 5 aliphatic heterocycles. The summed E-state index contributed by atoms with van der Waals surface area (Å²) in [5, 5.41) is 22.0. The lowest BCUT2D eigenvalue weighted by Crippen LogP contribution is -2.74. The lowest BCUT2D eigenvalue weighted by molar-refractivity contribution is -0.286. The number of hydroxylamine groups is 2. The van der Waals surface area contributed by atoms with Gasteiger partial charge >= 0.3 is 0 Å². The Kier molecular flexibility index (Phi) is 4.51. The quantitative estimate of drug-likeness (QED) is 0.357. The summed E-state index contributed by atoms with van der Waals surface area (Å²) in [6, 6.07) is 2.39. The first-order chi connectivity index (χ1) is 15.8. The van der Waals surface area contributed by atoms with E-state index in [1.807, 2.05) is 0 Å². The van der Waals surface area contributed by atoms with Crippen molar-refractivity contribution in [3.05, 3.63) is 29.8 Å². The zero-order valence-electron chi connectivity index (χ0n) is 18.0. The summed E-state index contributed by atoms with van der Waals surface area (Å²) in [6.45, 7) is 0. The van der Waals surface area contributed by atoms with E-state index in [0.717, 1.165) is 5.06 Å². The van der Waals surface area contributed by atoms with Crippen molar-refractivity contribution in [2.24, 2.45) is 0 Å². The van der Waals surface area contributed by atoms with Gasteiger partial charge in [-0.05, 0) is 6.07 Å². The van der Waals surface area contributed by atoms with E-state index >= 15 is 0 Å². The van der Waals surface area contributed by atoms with Crippen molar-refractivity contribution in [3.8, 4) is 17.2 Å². The van der Waals surface area contributed by atoms with Gasteiger partial charge in [-0.3, -0.25) is 14.4 Å². The Hall–Kier alpha value is -2.12. The number of aromatic hydroxyl groups is 1. The smallest absolute Gasteiger partial charge is 0.272 e. The molecule has 5 saturated heterocycles. The van der Waals surface area contributed by atoms with Crippen LogP contribution in [0.3, 0.4) is 0 Å². The van der Waals surface area contributed by atoms with Crippen molar-refractivity contribution >= 4 is 33.4 Å². The number of hydrogen-bond donors (Lipinski definition) is 2. The van der Waals surface area contributed by atoms with Gasteiger partial charge in [-0.1, -0.05) is 39.8 Å². The summed E-state index contributed by atoms with van der Waals surface area (Å²) in [7, 11) is 7.03. The van der Waals surface area contributed by atoms with Crippen LogP contribution in [0.25, 0.3) is 0 Å². The average Bonchev–Trinajstić information content (AvgIpc) is 3.54. The molecule has 7 atom stereocenters. The maximum atomic E-state index is 13.8. The van der Waals surface area contributed by atoms with Crippen LogP contribution in [0.4, 0.5) is 0 Å². The fraction of sp³-hybridized carbons (Fsp3) is 0.524. The Bertz CT molecular complexity index is 1100. The molecule has 2 N–H and O–H groups in total. The topological polar surface area (TPSA) is 121 Å². The average molecular weight is 495 g/mol. The lowest BCUT2D eigenvalue weighted by Gasteiger charge is -2.53. The number of piperazine rings is 1. The van der Waals surface area contributed by atoms with Crippen LogP contribution in [0.15, 0.2) is 24.3 Å². The SMILES string of the molecule is COc1ccc([C@@H]2SS[C@@]34C[C@]56O[C@H]5C=C[C@@H](O)[C@@H]6ON3C(=O)[C@@H]2N(C)C4=O)c(O)c1OC. The van der Waals surface area contributed by atoms with E-state index in [1.54, 1.807) is 31.3 Å². The van der Waals surface area contributed by atoms with Crippen LogP contribution in [0, 0.1) is 0 Å². The number of likely N-dealkylation sites (N-methyl/N-ethyl adjacent to an activating group) is 1. The van der Waals surface area contributed by atoms with Gasteiger partial charge in [0, 0.05) is 19.0 Å². The largest absolute Gasteiger partial charge is 0.504 e. The molecule has 5 heterocycles. The molecular weight excluding hydrogens is 472 g/mol. The number of fused-ring (bicyclic) bond motifs is 3. The molecule has 0 aromatic heterocycles. The number of phenolic OH excluding ortho intramolecular Hbond substituents is 1. The number of hydrogen-bond acceptors (Lipinski definition) is 10. The molecule has 10 nitrogen and oxygen atoms in total. The van der Waals surface area contributed by atoms with E-state index in [0.29, 0.717) is 11.3 Å². The highest BCUT2D eigenvalue weighted by Crippen LogP contribution is 2.65. The molecule has 0 saturated carbocycles. The van der Waals surface area contributed by atoms with Crippen molar-refractivity contribution in [1.82, 2.24) is 9.96 Å². The van der Waals surface area contributed by atoms with Crippen LogP contribution in [-0.4, -0.2) is 88.1 Å². The Morgan fingerprint density at radius 1 is 1.21 bits per heavy atom. The Balaban J connectivity index is 1.44. The molecule has 2 bridgehead atoms. The van der Waals surface area contributed by atoms with Gasteiger partial charge < -0.3 is 29.3 Å². The molecule has 2 spiro atoms. The summed E-state index contributed by atoms with van der Waals surface area (Å²) in [4.78, 5) is 33.6. The Labute approximate surface area is 197 Å². The molecule has 5 fully saturated rings. The van der Waals surface area contributed by atoms with Crippen molar-refractivity contribution in [3.63, 3.8) is 0 Å². The standard InChI is InChI=1S/C21H22N2O8S2/c1-22-13-16(9-4-6-11(28-2)15(29-3)14(9)25)32-33-21(19(22)27)8-20-12(30-20)7-5-10(24)17(20)31-23(21)18(13)26/h4-7,10,12-13,16-17,24-25H,8H2,1-3H3/t10-,12+,13-,16+,17+,20+,21-/m1/s1. The second kappa shape index (κ2) is 6.95. The zero-order valence-corrected chi connectivity index (χ0v) is 19.6. The predicted octanol–water partition coefficient (Wildman–Crippen LogP) is 0.983. The van der Waals surface area contributed by atoms with Crippen LogP contribution in [0.5, 0.6) is 17.2 Å². The number of benzene rings is 1. The highest BCUT2D eigenvalue weighted by Gasteiger charge is 2.77. The van der Waals surface area contributed by atoms with Gasteiger partial charge in [0.1, 0.15) is 30.0 Å². The van der Waals surface area contributed by atoms with Gasteiger partial charge in [0.25, 0.3) is 11.8 Å². The number of epoxide rings is 1. The van der Waals surface area contributed by atoms with Crippen LogP contribution in [0.1, 0.15) is 17.2 Å². The van der Waals surface area contributed by atoms with Gasteiger partial charge in [-0.25, -0.2) is 0 Å². The summed E-state index contributed by atoms with van der Waals surface area (Å²) < 4.78 is 16.5. The fourth-order valence-electron chi connectivity index (χ4n) is 5.35. The van der Waals surface area contributed by atoms with Crippen LogP contribution in [-0.2, 0) is 19.2 Å². The number of nitrogens with zero attached hydrogens (tertiary/aromatic N) is 2. The number of amides is 2. The molecule has 6 aliphatic rings. The minimum Gasteiger partial charge on any atom is -0.504 e. The van der Waals surface area contributed by atoms with E-state index in [-0.39, 0.29) is 29.9 Å². The van der Waals surface area contributed by atoms with Crippen LogP contribution in [0.2, 0.25) is 0 Å². The molecule has 0 unspecified atom stereocenters. The minimum atomic E-state index is -1.34. The van der Waals surface area contributed by atoms with Crippen molar-refractivity contribution in [1.29, 1.82) is 0 Å². The summed E-state index contributed by atoms with van der Waals surface area (Å²) in [5.74, 6) is -0.337. The monoisotopic (exact) mass is 494 g/mol. The predicted molar refractivity (Wildman–Crippen MR) is 118 cm³/mol. The van der Waals surface area contributed by atoms with Gasteiger partial charge in [-0.2, -0.15) is 5.06 Å². The third kappa shape index (κ3) is 2.58. The molecule has 7 rings (SSSR count). The second-order valence-corrected chi connectivity index (χ2v) is 11.3. The van der Waals surface area contributed by atoms with E-state index in [9.17, 15) is 19.8 Å². The van der Waals surface area contributed by atoms with Gasteiger partial charge in [0.15, 0.2) is 11.5 Å². The van der Waals surface area contributed by atoms with Gasteiger partial charge in [-0.15, -0.1) is 0 Å². The molecule has 176 valence electrons. The highest BCUT2D eigenvalue weighted by atomic mass is 33.1. The van der Waals surface area contributed by atoms with E-state index in [4.69, 9.17) is 19.0 Å².